The Balaban J connectivity index is 1.42. The van der Waals surface area contributed by atoms with Crippen LogP contribution in [0.3, 0.4) is 0 Å². The van der Waals surface area contributed by atoms with E-state index >= 15 is 0 Å². The van der Waals surface area contributed by atoms with Gasteiger partial charge in [-0.05, 0) is 61.7 Å². The predicted octanol–water partition coefficient (Wildman–Crippen LogP) is 3.86. The number of carbonyl (C=O) groups is 2. The van der Waals surface area contributed by atoms with Crippen LogP contribution in [0.5, 0.6) is 0 Å². The topological polar surface area (TPSA) is 142 Å². The lowest BCUT2D eigenvalue weighted by atomic mass is 10.1. The number of anilines is 4. The second kappa shape index (κ2) is 10.0. The summed E-state index contributed by atoms with van der Waals surface area (Å²) >= 11 is 0. The van der Waals surface area contributed by atoms with Crippen LogP contribution in [0.25, 0.3) is 10.9 Å². The highest BCUT2D eigenvalue weighted by molar-refractivity contribution is 6.01. The quantitative estimate of drug-likeness (QED) is 0.269. The van der Waals surface area contributed by atoms with Crippen LogP contribution in [-0.2, 0) is 0 Å². The Morgan fingerprint density at radius 1 is 0.917 bits per heavy atom. The highest BCUT2D eigenvalue weighted by atomic mass is 16.3. The lowest BCUT2D eigenvalue weighted by Crippen LogP contribution is -2.33. The van der Waals surface area contributed by atoms with Crippen LogP contribution >= 0.6 is 0 Å². The minimum absolute atomic E-state index is 0.0233. The van der Waals surface area contributed by atoms with E-state index in [-0.39, 0.29) is 18.1 Å². The second-order valence-electron chi connectivity index (χ2n) is 8.79. The molecule has 2 amide bonds. The lowest BCUT2D eigenvalue weighted by Gasteiger charge is -2.14. The molecule has 36 heavy (non-hydrogen) atoms. The number of para-hydroxylation sites is 2. The summed E-state index contributed by atoms with van der Waals surface area (Å²) in [6.07, 6.45) is 1.69. The van der Waals surface area contributed by atoms with Gasteiger partial charge in [0.25, 0.3) is 11.8 Å². The van der Waals surface area contributed by atoms with Crippen molar-refractivity contribution in [2.45, 2.75) is 31.4 Å². The zero-order valence-electron chi connectivity index (χ0n) is 19.4. The molecule has 4 aromatic rings. The number of aromatic nitrogens is 2. The Labute approximate surface area is 207 Å². The fourth-order valence-corrected chi connectivity index (χ4v) is 4.39. The minimum Gasteiger partial charge on any atom is -0.393 e. The van der Waals surface area contributed by atoms with Gasteiger partial charge in [0.2, 0.25) is 5.95 Å². The maximum absolute atomic E-state index is 12.7. The number of benzene rings is 3. The summed E-state index contributed by atoms with van der Waals surface area (Å²) in [6, 6.07) is 21.5. The fraction of sp³-hybridized carbons (Fsp3) is 0.185. The largest absolute Gasteiger partial charge is 0.393 e. The molecule has 1 saturated carbocycles. The first-order valence-electron chi connectivity index (χ1n) is 11.7. The molecule has 9 nitrogen and oxygen atoms in total. The van der Waals surface area contributed by atoms with Crippen LogP contribution in [-0.4, -0.2) is 39.0 Å². The van der Waals surface area contributed by atoms with Crippen molar-refractivity contribution < 1.29 is 14.7 Å². The molecule has 1 aliphatic carbocycles. The molecule has 3 aromatic carbocycles. The van der Waals surface area contributed by atoms with Gasteiger partial charge in [0.15, 0.2) is 0 Å². The van der Waals surface area contributed by atoms with Crippen LogP contribution in [0.1, 0.15) is 40.0 Å². The van der Waals surface area contributed by atoms with E-state index in [0.29, 0.717) is 52.6 Å². The third-order valence-corrected chi connectivity index (χ3v) is 6.17. The summed E-state index contributed by atoms with van der Waals surface area (Å²) in [5, 5.41) is 19.9. The maximum Gasteiger partial charge on any atom is 0.251 e. The van der Waals surface area contributed by atoms with E-state index in [1.807, 2.05) is 30.3 Å². The normalized spacial score (nSPS) is 17.0. The number of carbonyl (C=O) groups excluding carboxylic acids is 2. The molecule has 0 bridgehead atoms. The SMILES string of the molecule is NC(=O)c1ccccc1Nc1nc(Nc2cccc(C(=O)NC3CCC(O)C3)c2)nc2ccccc12. The summed E-state index contributed by atoms with van der Waals surface area (Å²) in [5.74, 6) is 0.0920. The van der Waals surface area contributed by atoms with Crippen molar-refractivity contribution in [1.29, 1.82) is 0 Å². The molecule has 1 aromatic heterocycles. The molecule has 0 spiro atoms. The molecule has 0 aliphatic heterocycles. The van der Waals surface area contributed by atoms with Crippen LogP contribution < -0.4 is 21.7 Å². The van der Waals surface area contributed by atoms with Crippen LogP contribution in [0.2, 0.25) is 0 Å². The Morgan fingerprint density at radius 3 is 2.53 bits per heavy atom. The van der Waals surface area contributed by atoms with Gasteiger partial charge in [0.05, 0.1) is 22.9 Å². The number of aliphatic hydroxyl groups is 1. The molecule has 0 radical (unpaired) electrons. The van der Waals surface area contributed by atoms with Gasteiger partial charge < -0.3 is 26.8 Å². The number of hydrogen-bond acceptors (Lipinski definition) is 7. The maximum atomic E-state index is 12.7. The zero-order chi connectivity index (χ0) is 25.1. The second-order valence-corrected chi connectivity index (χ2v) is 8.79. The molecule has 2 unspecified atom stereocenters. The summed E-state index contributed by atoms with van der Waals surface area (Å²) in [7, 11) is 0. The molecule has 1 fully saturated rings. The first kappa shape index (κ1) is 23.3. The number of nitrogens with two attached hydrogens (primary N) is 1. The lowest BCUT2D eigenvalue weighted by molar-refractivity contribution is 0.0933. The zero-order valence-corrected chi connectivity index (χ0v) is 19.4. The van der Waals surface area contributed by atoms with Crippen molar-refractivity contribution in [3.05, 3.63) is 83.9 Å². The van der Waals surface area contributed by atoms with Crippen molar-refractivity contribution in [2.24, 2.45) is 5.73 Å². The van der Waals surface area contributed by atoms with Crippen molar-refractivity contribution in [3.8, 4) is 0 Å². The molecule has 6 N–H and O–H groups in total. The fourth-order valence-electron chi connectivity index (χ4n) is 4.39. The number of fused-ring (bicyclic) bond motifs is 1. The Bertz CT molecular complexity index is 1440. The summed E-state index contributed by atoms with van der Waals surface area (Å²) in [5.41, 5.74) is 8.27. The van der Waals surface area contributed by atoms with Crippen molar-refractivity contribution in [2.75, 3.05) is 10.6 Å². The van der Waals surface area contributed by atoms with E-state index in [4.69, 9.17) is 5.73 Å². The molecule has 1 aliphatic rings. The standard InChI is InChI=1S/C27H26N6O3/c28-24(35)20-8-1-3-10-22(20)31-25-21-9-2-4-11-23(21)32-27(33-25)30-17-7-5-6-16(14-17)26(36)29-18-12-13-19(34)15-18/h1-11,14,18-19,34H,12-13,15H2,(H2,28,35)(H,29,36)(H2,30,31,32,33). The van der Waals surface area contributed by atoms with E-state index in [1.54, 1.807) is 42.5 Å². The van der Waals surface area contributed by atoms with Crippen LogP contribution in [0.4, 0.5) is 23.1 Å². The van der Waals surface area contributed by atoms with Gasteiger partial charge in [-0.1, -0.05) is 30.3 Å². The molecule has 2 atom stereocenters. The van der Waals surface area contributed by atoms with Crippen LogP contribution in [0, 0.1) is 0 Å². The molecular formula is C27H26N6O3. The van der Waals surface area contributed by atoms with Crippen molar-refractivity contribution in [1.82, 2.24) is 15.3 Å². The number of aliphatic hydroxyl groups excluding tert-OH is 1. The number of nitrogens with one attached hydrogen (secondary N) is 3. The van der Waals surface area contributed by atoms with Crippen molar-refractivity contribution >= 4 is 45.9 Å². The van der Waals surface area contributed by atoms with Gasteiger partial charge in [0, 0.05) is 22.7 Å². The third kappa shape index (κ3) is 5.11. The van der Waals surface area contributed by atoms with Gasteiger partial charge in [-0.3, -0.25) is 9.59 Å². The van der Waals surface area contributed by atoms with E-state index in [1.165, 1.54) is 0 Å². The van der Waals surface area contributed by atoms with Gasteiger partial charge in [-0.25, -0.2) is 4.98 Å². The van der Waals surface area contributed by atoms with Gasteiger partial charge in [-0.2, -0.15) is 4.98 Å². The molecule has 0 saturated heterocycles. The number of rotatable bonds is 7. The molecule has 9 heteroatoms. The number of hydrogen-bond donors (Lipinski definition) is 5. The molecular weight excluding hydrogens is 456 g/mol. The van der Waals surface area contributed by atoms with Gasteiger partial charge in [0.1, 0.15) is 5.82 Å². The predicted molar refractivity (Wildman–Crippen MR) is 139 cm³/mol. The van der Waals surface area contributed by atoms with E-state index in [2.05, 4.69) is 25.9 Å². The monoisotopic (exact) mass is 482 g/mol. The third-order valence-electron chi connectivity index (χ3n) is 6.17. The number of amides is 2. The highest BCUT2D eigenvalue weighted by Gasteiger charge is 2.24. The molecule has 1 heterocycles. The van der Waals surface area contributed by atoms with E-state index in [0.717, 1.165) is 11.8 Å². The Hall–Kier alpha value is -4.50. The average Bonchev–Trinajstić information content (AvgIpc) is 3.28. The average molecular weight is 483 g/mol. The summed E-state index contributed by atoms with van der Waals surface area (Å²) < 4.78 is 0. The number of nitrogens with zero attached hydrogens (tertiary/aromatic N) is 2. The highest BCUT2D eigenvalue weighted by Crippen LogP contribution is 2.28. The Kier molecular flexibility index (Phi) is 6.46. The smallest absolute Gasteiger partial charge is 0.251 e. The van der Waals surface area contributed by atoms with Crippen LogP contribution in [0.15, 0.2) is 72.8 Å². The van der Waals surface area contributed by atoms with E-state index < -0.39 is 5.91 Å². The first-order chi connectivity index (χ1) is 17.5. The molecule has 5 rings (SSSR count). The minimum atomic E-state index is -0.544. The number of primary amides is 1. The molecule has 182 valence electrons. The summed E-state index contributed by atoms with van der Waals surface area (Å²) in [6.45, 7) is 0. The first-order valence-corrected chi connectivity index (χ1v) is 11.7. The van der Waals surface area contributed by atoms with Crippen molar-refractivity contribution in [3.63, 3.8) is 0 Å². The Morgan fingerprint density at radius 2 is 1.72 bits per heavy atom. The van der Waals surface area contributed by atoms with Gasteiger partial charge >= 0.3 is 0 Å². The van der Waals surface area contributed by atoms with Gasteiger partial charge in [-0.15, -0.1) is 0 Å². The van der Waals surface area contributed by atoms with E-state index in [9.17, 15) is 14.7 Å². The summed E-state index contributed by atoms with van der Waals surface area (Å²) in [4.78, 5) is 33.9.